The number of ether oxygens (including phenoxy) is 1. The van der Waals surface area contributed by atoms with Gasteiger partial charge in [-0.2, -0.15) is 11.3 Å². The summed E-state index contributed by atoms with van der Waals surface area (Å²) in [6.45, 7) is 0.807. The van der Waals surface area contributed by atoms with Crippen LogP contribution in [0.3, 0.4) is 0 Å². The Morgan fingerprint density at radius 1 is 1.24 bits per heavy atom. The largest absolute Gasteiger partial charge is 0.492 e. The van der Waals surface area contributed by atoms with Gasteiger partial charge in [0.1, 0.15) is 12.4 Å². The molecule has 0 saturated carbocycles. The maximum Gasteiger partial charge on any atom is 0.248 e. The average molecular weight is 378 g/mol. The number of amides is 1. The van der Waals surface area contributed by atoms with Gasteiger partial charge in [0.05, 0.1) is 6.54 Å². The van der Waals surface area contributed by atoms with E-state index in [0.29, 0.717) is 42.1 Å². The zero-order valence-corrected chi connectivity index (χ0v) is 14.8. The van der Waals surface area contributed by atoms with Crippen molar-refractivity contribution in [1.82, 2.24) is 15.5 Å². The van der Waals surface area contributed by atoms with E-state index in [1.807, 2.05) is 16.8 Å². The number of benzene rings is 1. The molecular weight excluding hydrogens is 362 g/mol. The highest BCUT2D eigenvalue weighted by Crippen LogP contribution is 2.20. The second kappa shape index (κ2) is 8.64. The highest BCUT2D eigenvalue weighted by Gasteiger charge is 2.10. The SMILES string of the molecule is O=C(CCc1nnc(-c2ccsc2)o1)NCCOc1ccc(Cl)cc1. The summed E-state index contributed by atoms with van der Waals surface area (Å²) in [5.74, 6) is 1.56. The van der Waals surface area contributed by atoms with Crippen molar-refractivity contribution in [2.24, 2.45) is 0 Å². The van der Waals surface area contributed by atoms with Crippen molar-refractivity contribution in [2.45, 2.75) is 12.8 Å². The van der Waals surface area contributed by atoms with Gasteiger partial charge < -0.3 is 14.5 Å². The van der Waals surface area contributed by atoms with E-state index >= 15 is 0 Å². The lowest BCUT2D eigenvalue weighted by Gasteiger charge is -2.07. The Morgan fingerprint density at radius 3 is 2.84 bits per heavy atom. The van der Waals surface area contributed by atoms with Crippen LogP contribution in [0.1, 0.15) is 12.3 Å². The van der Waals surface area contributed by atoms with E-state index in [2.05, 4.69) is 15.5 Å². The maximum absolute atomic E-state index is 11.8. The van der Waals surface area contributed by atoms with Gasteiger partial charge in [-0.25, -0.2) is 0 Å². The van der Waals surface area contributed by atoms with Crippen molar-refractivity contribution in [3.8, 4) is 17.2 Å². The van der Waals surface area contributed by atoms with E-state index in [-0.39, 0.29) is 12.3 Å². The van der Waals surface area contributed by atoms with Crippen molar-refractivity contribution in [1.29, 1.82) is 0 Å². The molecule has 0 atom stereocenters. The number of hydrogen-bond donors (Lipinski definition) is 1. The standard InChI is InChI=1S/C17H16ClN3O3S/c18-13-1-3-14(4-2-13)23-9-8-19-15(22)5-6-16-20-21-17(24-16)12-7-10-25-11-12/h1-4,7,10-11H,5-6,8-9H2,(H,19,22). The van der Waals surface area contributed by atoms with Crippen LogP contribution in [0.2, 0.25) is 5.02 Å². The first kappa shape index (κ1) is 17.4. The molecule has 130 valence electrons. The van der Waals surface area contributed by atoms with Gasteiger partial charge in [0, 0.05) is 28.8 Å². The molecule has 1 aromatic carbocycles. The highest BCUT2D eigenvalue weighted by atomic mass is 35.5. The Hall–Kier alpha value is -2.38. The molecule has 0 aliphatic heterocycles. The van der Waals surface area contributed by atoms with Crippen molar-refractivity contribution < 1.29 is 13.9 Å². The van der Waals surface area contributed by atoms with Crippen LogP contribution in [0.4, 0.5) is 0 Å². The minimum absolute atomic E-state index is 0.0880. The van der Waals surface area contributed by atoms with E-state index in [1.54, 1.807) is 35.6 Å². The monoisotopic (exact) mass is 377 g/mol. The molecule has 2 heterocycles. The summed E-state index contributed by atoms with van der Waals surface area (Å²) >= 11 is 7.36. The normalized spacial score (nSPS) is 10.6. The Bertz CT molecular complexity index is 803. The molecule has 3 rings (SSSR count). The lowest BCUT2D eigenvalue weighted by molar-refractivity contribution is -0.121. The Morgan fingerprint density at radius 2 is 2.08 bits per heavy atom. The molecule has 0 fully saturated rings. The summed E-state index contributed by atoms with van der Waals surface area (Å²) in [5, 5.41) is 15.3. The first-order chi connectivity index (χ1) is 12.2. The summed E-state index contributed by atoms with van der Waals surface area (Å²) in [6, 6.07) is 8.99. The quantitative estimate of drug-likeness (QED) is 0.607. The lowest BCUT2D eigenvalue weighted by Crippen LogP contribution is -2.28. The van der Waals surface area contributed by atoms with Crippen LogP contribution < -0.4 is 10.1 Å². The third-order valence-corrected chi connectivity index (χ3v) is 4.24. The van der Waals surface area contributed by atoms with E-state index in [0.717, 1.165) is 5.56 Å². The lowest BCUT2D eigenvalue weighted by atomic mass is 10.3. The Kier molecular flexibility index (Phi) is 6.03. The number of carbonyl (C=O) groups is 1. The molecule has 0 bridgehead atoms. The molecular formula is C17H16ClN3O3S. The van der Waals surface area contributed by atoms with Crippen LogP contribution >= 0.6 is 22.9 Å². The predicted octanol–water partition coefficient (Wildman–Crippen LogP) is 3.58. The molecule has 8 heteroatoms. The van der Waals surface area contributed by atoms with Crippen LogP contribution in [-0.4, -0.2) is 29.3 Å². The van der Waals surface area contributed by atoms with Gasteiger partial charge in [-0.15, -0.1) is 10.2 Å². The van der Waals surface area contributed by atoms with Crippen LogP contribution in [0, 0.1) is 0 Å². The number of hydrogen-bond acceptors (Lipinski definition) is 6. The molecule has 0 aliphatic carbocycles. The van der Waals surface area contributed by atoms with Crippen LogP contribution in [0.15, 0.2) is 45.5 Å². The topological polar surface area (TPSA) is 77.2 Å². The number of nitrogens with one attached hydrogen (secondary N) is 1. The molecule has 0 spiro atoms. The Balaban J connectivity index is 1.35. The van der Waals surface area contributed by atoms with Gasteiger partial charge in [0.2, 0.25) is 17.7 Å². The number of nitrogens with zero attached hydrogens (tertiary/aromatic N) is 2. The second-order valence-electron chi connectivity index (χ2n) is 5.17. The van der Waals surface area contributed by atoms with E-state index < -0.39 is 0 Å². The third-order valence-electron chi connectivity index (χ3n) is 3.31. The number of halogens is 1. The molecule has 0 unspecified atom stereocenters. The molecule has 1 amide bonds. The molecule has 6 nitrogen and oxygen atoms in total. The number of rotatable bonds is 8. The molecule has 3 aromatic rings. The molecule has 0 saturated heterocycles. The van der Waals surface area contributed by atoms with E-state index in [1.165, 1.54) is 0 Å². The van der Waals surface area contributed by atoms with Crippen LogP contribution in [0.5, 0.6) is 5.75 Å². The van der Waals surface area contributed by atoms with Gasteiger partial charge in [-0.05, 0) is 35.7 Å². The zero-order chi connectivity index (χ0) is 17.5. The summed E-state index contributed by atoms with van der Waals surface area (Å²) in [5.41, 5.74) is 0.896. The van der Waals surface area contributed by atoms with Gasteiger partial charge in [-0.1, -0.05) is 11.6 Å². The number of aromatic nitrogens is 2. The van der Waals surface area contributed by atoms with E-state index in [4.69, 9.17) is 20.8 Å². The van der Waals surface area contributed by atoms with Crippen LogP contribution in [0.25, 0.3) is 11.5 Å². The third kappa shape index (κ3) is 5.30. The minimum Gasteiger partial charge on any atom is -0.492 e. The fraction of sp³-hybridized carbons (Fsp3) is 0.235. The van der Waals surface area contributed by atoms with Gasteiger partial charge in [0.25, 0.3) is 0 Å². The molecule has 1 N–H and O–H groups in total. The number of carbonyl (C=O) groups excluding carboxylic acids is 1. The smallest absolute Gasteiger partial charge is 0.248 e. The fourth-order valence-corrected chi connectivity index (χ4v) is 2.81. The number of aryl methyl sites for hydroxylation is 1. The van der Waals surface area contributed by atoms with Crippen molar-refractivity contribution in [3.63, 3.8) is 0 Å². The summed E-state index contributed by atoms with van der Waals surface area (Å²) in [4.78, 5) is 11.8. The molecule has 0 aliphatic rings. The summed E-state index contributed by atoms with van der Waals surface area (Å²) in [6.07, 6.45) is 0.688. The van der Waals surface area contributed by atoms with Crippen LogP contribution in [-0.2, 0) is 11.2 Å². The first-order valence-electron chi connectivity index (χ1n) is 7.71. The summed E-state index contributed by atoms with van der Waals surface area (Å²) < 4.78 is 11.0. The van der Waals surface area contributed by atoms with E-state index in [9.17, 15) is 4.79 Å². The van der Waals surface area contributed by atoms with Crippen molar-refractivity contribution in [2.75, 3.05) is 13.2 Å². The summed E-state index contributed by atoms with van der Waals surface area (Å²) in [7, 11) is 0. The molecule has 25 heavy (non-hydrogen) atoms. The van der Waals surface area contributed by atoms with Crippen molar-refractivity contribution >= 4 is 28.8 Å². The van der Waals surface area contributed by atoms with Gasteiger partial charge >= 0.3 is 0 Å². The molecule has 0 radical (unpaired) electrons. The first-order valence-corrected chi connectivity index (χ1v) is 9.03. The minimum atomic E-state index is -0.0880. The fourth-order valence-electron chi connectivity index (χ4n) is 2.06. The van der Waals surface area contributed by atoms with Gasteiger partial charge in [0.15, 0.2) is 0 Å². The zero-order valence-electron chi connectivity index (χ0n) is 13.3. The molecule has 2 aromatic heterocycles. The Labute approximate surface area is 153 Å². The average Bonchev–Trinajstić information content (AvgIpc) is 3.29. The van der Waals surface area contributed by atoms with Gasteiger partial charge in [-0.3, -0.25) is 4.79 Å². The maximum atomic E-state index is 11.8. The number of thiophene rings is 1. The predicted molar refractivity (Wildman–Crippen MR) is 95.9 cm³/mol. The second-order valence-corrected chi connectivity index (χ2v) is 6.38. The van der Waals surface area contributed by atoms with Crippen molar-refractivity contribution in [3.05, 3.63) is 52.0 Å². The highest BCUT2D eigenvalue weighted by molar-refractivity contribution is 7.08.